The zero-order valence-corrected chi connectivity index (χ0v) is 13.7. The molecule has 1 amide bonds. The molecule has 0 aliphatic heterocycles. The minimum absolute atomic E-state index is 0.0296. The van der Waals surface area contributed by atoms with Crippen LogP contribution in [0.5, 0.6) is 0 Å². The van der Waals surface area contributed by atoms with Crippen LogP contribution in [-0.2, 0) is 21.4 Å². The van der Waals surface area contributed by atoms with Gasteiger partial charge in [-0.05, 0) is 29.8 Å². The number of rotatable bonds is 6. The highest BCUT2D eigenvalue weighted by atomic mass is 35.5. The molecule has 6 nitrogen and oxygen atoms in total. The third-order valence-corrected chi connectivity index (χ3v) is 5.19. The van der Waals surface area contributed by atoms with Gasteiger partial charge in [-0.25, -0.2) is 14.3 Å². The Hall–Kier alpha value is -1.93. The molecule has 0 saturated carbocycles. The maximum Gasteiger partial charge on any atom is 0.249 e. The van der Waals surface area contributed by atoms with Crippen LogP contribution >= 0.6 is 11.6 Å². The Morgan fingerprint density at radius 1 is 1.09 bits per heavy atom. The Morgan fingerprint density at radius 2 is 1.70 bits per heavy atom. The predicted molar refractivity (Wildman–Crippen MR) is 87.8 cm³/mol. The van der Waals surface area contributed by atoms with Gasteiger partial charge in [0.2, 0.25) is 15.9 Å². The van der Waals surface area contributed by atoms with Gasteiger partial charge in [-0.3, -0.25) is 10.2 Å². The Labute approximate surface area is 139 Å². The molecule has 2 rings (SSSR count). The summed E-state index contributed by atoms with van der Waals surface area (Å²) < 4.78 is 26.5. The molecule has 2 aromatic carbocycles. The molecule has 23 heavy (non-hydrogen) atoms. The molecule has 0 saturated heterocycles. The summed E-state index contributed by atoms with van der Waals surface area (Å²) in [5.74, 6) is 4.48. The average Bonchev–Trinajstić information content (AvgIpc) is 2.56. The van der Waals surface area contributed by atoms with Gasteiger partial charge in [0.15, 0.2) is 0 Å². The molecule has 0 atom stereocenters. The number of hydrazine groups is 1. The first-order valence-electron chi connectivity index (χ1n) is 6.72. The first-order chi connectivity index (χ1) is 10.9. The highest BCUT2D eigenvalue weighted by Crippen LogP contribution is 2.19. The number of halogens is 1. The number of hydrogen-bond donors (Lipinski definition) is 2. The molecule has 8 heteroatoms. The highest BCUT2D eigenvalue weighted by Gasteiger charge is 2.26. The molecule has 2 aromatic rings. The topological polar surface area (TPSA) is 92.5 Å². The maximum absolute atomic E-state index is 12.7. The number of sulfonamides is 1. The largest absolute Gasteiger partial charge is 0.293 e. The Balaban J connectivity index is 2.33. The summed E-state index contributed by atoms with van der Waals surface area (Å²) >= 11 is 5.83. The van der Waals surface area contributed by atoms with Crippen molar-refractivity contribution in [3.05, 3.63) is 65.2 Å². The van der Waals surface area contributed by atoms with Crippen LogP contribution in [0.3, 0.4) is 0 Å². The monoisotopic (exact) mass is 353 g/mol. The van der Waals surface area contributed by atoms with Crippen molar-refractivity contribution in [3.63, 3.8) is 0 Å². The molecule has 0 unspecified atom stereocenters. The van der Waals surface area contributed by atoms with Crippen LogP contribution in [0, 0.1) is 0 Å². The van der Waals surface area contributed by atoms with E-state index in [0.717, 1.165) is 4.31 Å². The molecule has 0 fully saturated rings. The summed E-state index contributed by atoms with van der Waals surface area (Å²) in [4.78, 5) is 11.7. The predicted octanol–water partition coefficient (Wildman–Crippen LogP) is 1.52. The molecular formula is C15H16ClN3O3S. The molecule has 0 spiro atoms. The fourth-order valence-corrected chi connectivity index (χ4v) is 3.50. The van der Waals surface area contributed by atoms with Crippen LogP contribution in [0.2, 0.25) is 5.02 Å². The van der Waals surface area contributed by atoms with Gasteiger partial charge in [-0.15, -0.1) is 0 Å². The van der Waals surface area contributed by atoms with E-state index in [1.54, 1.807) is 42.5 Å². The number of benzene rings is 2. The summed E-state index contributed by atoms with van der Waals surface area (Å²) in [7, 11) is -3.83. The molecule has 0 radical (unpaired) electrons. The Bertz CT molecular complexity index is 764. The minimum Gasteiger partial charge on any atom is -0.293 e. The molecule has 0 bridgehead atoms. The number of nitrogens with zero attached hydrogens (tertiary/aromatic N) is 1. The number of nitrogens with two attached hydrogens (primary N) is 1. The summed E-state index contributed by atoms with van der Waals surface area (Å²) in [6.45, 7) is -0.349. The fraction of sp³-hybridized carbons (Fsp3) is 0.133. The normalized spacial score (nSPS) is 11.4. The Kier molecular flexibility index (Phi) is 5.73. The summed E-state index contributed by atoms with van der Waals surface area (Å²) in [6, 6.07) is 14.6. The van der Waals surface area contributed by atoms with Gasteiger partial charge in [0.1, 0.15) is 0 Å². The summed E-state index contributed by atoms with van der Waals surface area (Å²) in [5.41, 5.74) is 2.65. The lowest BCUT2D eigenvalue weighted by Crippen LogP contribution is -2.42. The van der Waals surface area contributed by atoms with Crippen molar-refractivity contribution in [3.8, 4) is 0 Å². The maximum atomic E-state index is 12.7. The van der Waals surface area contributed by atoms with Crippen LogP contribution in [-0.4, -0.2) is 25.2 Å². The number of carbonyl (C=O) groups excluding carboxylic acids is 1. The lowest BCUT2D eigenvalue weighted by molar-refractivity contribution is -0.121. The van der Waals surface area contributed by atoms with E-state index in [1.807, 2.05) is 5.43 Å². The fourth-order valence-electron chi connectivity index (χ4n) is 1.97. The second-order valence-electron chi connectivity index (χ2n) is 4.78. The van der Waals surface area contributed by atoms with E-state index in [4.69, 9.17) is 17.4 Å². The lowest BCUT2D eigenvalue weighted by atomic mass is 10.2. The zero-order chi connectivity index (χ0) is 16.9. The highest BCUT2D eigenvalue weighted by molar-refractivity contribution is 7.89. The van der Waals surface area contributed by atoms with E-state index in [9.17, 15) is 13.2 Å². The van der Waals surface area contributed by atoms with Crippen molar-refractivity contribution in [1.82, 2.24) is 9.73 Å². The van der Waals surface area contributed by atoms with Crippen LogP contribution in [0.25, 0.3) is 0 Å². The minimum atomic E-state index is -3.83. The molecule has 0 aromatic heterocycles. The Morgan fingerprint density at radius 3 is 2.26 bits per heavy atom. The zero-order valence-electron chi connectivity index (χ0n) is 12.1. The van der Waals surface area contributed by atoms with E-state index in [2.05, 4.69) is 0 Å². The molecule has 0 aliphatic carbocycles. The van der Waals surface area contributed by atoms with E-state index < -0.39 is 15.9 Å². The quantitative estimate of drug-likeness (QED) is 0.468. The first kappa shape index (κ1) is 17.4. The molecule has 122 valence electrons. The molecular weight excluding hydrogens is 338 g/mol. The number of carbonyl (C=O) groups is 1. The van der Waals surface area contributed by atoms with Crippen LogP contribution in [0.4, 0.5) is 0 Å². The van der Waals surface area contributed by atoms with Gasteiger partial charge in [0.25, 0.3) is 0 Å². The standard InChI is InChI=1S/C15H16ClN3O3S/c16-13-8-6-12(7-9-13)10-19(11-15(20)18-17)23(21,22)14-4-2-1-3-5-14/h1-9H,10-11,17H2,(H,18,20). The van der Waals surface area contributed by atoms with Crippen molar-refractivity contribution >= 4 is 27.5 Å². The number of nitrogens with one attached hydrogen (secondary N) is 1. The summed E-state index contributed by atoms with van der Waals surface area (Å²) in [6.07, 6.45) is 0. The van der Waals surface area contributed by atoms with Crippen molar-refractivity contribution in [2.24, 2.45) is 5.84 Å². The van der Waals surface area contributed by atoms with Gasteiger partial charge in [-0.1, -0.05) is 41.9 Å². The smallest absolute Gasteiger partial charge is 0.249 e. The van der Waals surface area contributed by atoms with E-state index >= 15 is 0 Å². The van der Waals surface area contributed by atoms with Crippen LogP contribution in [0.1, 0.15) is 5.56 Å². The van der Waals surface area contributed by atoms with E-state index in [0.29, 0.717) is 10.6 Å². The van der Waals surface area contributed by atoms with Gasteiger partial charge in [0.05, 0.1) is 11.4 Å². The number of hydrogen-bond acceptors (Lipinski definition) is 4. The lowest BCUT2D eigenvalue weighted by Gasteiger charge is -2.21. The number of amides is 1. The van der Waals surface area contributed by atoms with Crippen molar-refractivity contribution in [2.45, 2.75) is 11.4 Å². The third-order valence-electron chi connectivity index (χ3n) is 3.13. The van der Waals surface area contributed by atoms with E-state index in [-0.39, 0.29) is 18.0 Å². The summed E-state index contributed by atoms with van der Waals surface area (Å²) in [5, 5.41) is 0.547. The van der Waals surface area contributed by atoms with Crippen LogP contribution in [0.15, 0.2) is 59.5 Å². The van der Waals surface area contributed by atoms with Gasteiger partial charge in [0, 0.05) is 11.6 Å². The SMILES string of the molecule is NNC(=O)CN(Cc1ccc(Cl)cc1)S(=O)(=O)c1ccccc1. The molecule has 0 aliphatic rings. The third kappa shape index (κ3) is 4.52. The van der Waals surface area contributed by atoms with Gasteiger partial charge >= 0.3 is 0 Å². The molecule has 3 N–H and O–H groups in total. The second-order valence-corrected chi connectivity index (χ2v) is 7.15. The molecule has 0 heterocycles. The average molecular weight is 354 g/mol. The second kappa shape index (κ2) is 7.56. The van der Waals surface area contributed by atoms with E-state index in [1.165, 1.54) is 12.1 Å². The van der Waals surface area contributed by atoms with Crippen molar-refractivity contribution in [2.75, 3.05) is 6.54 Å². The van der Waals surface area contributed by atoms with Gasteiger partial charge in [-0.2, -0.15) is 4.31 Å². The first-order valence-corrected chi connectivity index (χ1v) is 8.54. The van der Waals surface area contributed by atoms with Crippen LogP contribution < -0.4 is 11.3 Å². The van der Waals surface area contributed by atoms with Crippen molar-refractivity contribution in [1.29, 1.82) is 0 Å². The van der Waals surface area contributed by atoms with Gasteiger partial charge < -0.3 is 0 Å². The van der Waals surface area contributed by atoms with Crippen molar-refractivity contribution < 1.29 is 13.2 Å².